The molecule has 2 nitrogen and oxygen atoms in total. The van der Waals surface area contributed by atoms with Crippen LogP contribution in [0.15, 0.2) is 54.6 Å². The van der Waals surface area contributed by atoms with E-state index in [9.17, 15) is 5.11 Å². The fourth-order valence-corrected chi connectivity index (χ4v) is 2.16. The van der Waals surface area contributed by atoms with Crippen LogP contribution in [0, 0.1) is 51.0 Å². The first kappa shape index (κ1) is 14.5. The topological polar surface area (TPSA) is 33.1 Å². The van der Waals surface area contributed by atoms with Crippen molar-refractivity contribution in [1.29, 1.82) is 0 Å². The van der Waals surface area contributed by atoms with Crippen molar-refractivity contribution < 1.29 is 49.2 Å². The molecule has 0 aliphatic carbocycles. The van der Waals surface area contributed by atoms with Gasteiger partial charge in [0, 0.05) is 60.6 Å². The van der Waals surface area contributed by atoms with Crippen LogP contribution in [-0.4, -0.2) is 10.1 Å². The van der Waals surface area contributed by atoms with E-state index in [1.165, 1.54) is 0 Å². The predicted octanol–water partition coefficient (Wildman–Crippen LogP) is 3.92. The molecule has 2 aromatic carbocycles. The summed E-state index contributed by atoms with van der Waals surface area (Å²) in [6.07, 6.45) is 0. The number of benzene rings is 2. The molecule has 1 heterocycles. The van der Waals surface area contributed by atoms with Crippen molar-refractivity contribution in [2.45, 2.75) is 6.92 Å². The second-order valence-electron chi connectivity index (χ2n) is 4.32. The van der Waals surface area contributed by atoms with Crippen molar-refractivity contribution in [2.24, 2.45) is 0 Å². The molecular formula is C16H13AcNO. The Labute approximate surface area is 148 Å². The molecule has 1 aromatic heterocycles. The average molecular weight is 462 g/mol. The Morgan fingerprint density at radius 1 is 0.895 bits per heavy atom. The number of aromatic nitrogens is 1. The van der Waals surface area contributed by atoms with Crippen LogP contribution in [0.1, 0.15) is 5.56 Å². The number of fused-ring (bicyclic) bond motifs is 1. The van der Waals surface area contributed by atoms with Gasteiger partial charge in [-0.3, -0.25) is 0 Å². The Morgan fingerprint density at radius 3 is 2.26 bits per heavy atom. The fourth-order valence-electron chi connectivity index (χ4n) is 2.16. The van der Waals surface area contributed by atoms with Gasteiger partial charge < -0.3 is 5.11 Å². The van der Waals surface area contributed by atoms with Gasteiger partial charge >= 0.3 is 0 Å². The van der Waals surface area contributed by atoms with Gasteiger partial charge in [0.15, 0.2) is 0 Å². The largest absolute Gasteiger partial charge is 0.505 e. The molecule has 0 aliphatic heterocycles. The SMILES string of the molecule is Cc1c(O)c(-c2ccccc2)nc2ccccc12.[Ac]. The van der Waals surface area contributed by atoms with Gasteiger partial charge in [-0.15, -0.1) is 0 Å². The van der Waals surface area contributed by atoms with Gasteiger partial charge in [-0.2, -0.15) is 0 Å². The summed E-state index contributed by atoms with van der Waals surface area (Å²) in [6.45, 7) is 1.92. The molecule has 3 rings (SSSR count). The average Bonchev–Trinajstić information content (AvgIpc) is 2.44. The summed E-state index contributed by atoms with van der Waals surface area (Å²) in [5.41, 5.74) is 3.36. The van der Waals surface area contributed by atoms with Crippen LogP contribution < -0.4 is 0 Å². The number of aromatic hydroxyl groups is 1. The Balaban J connectivity index is 0.00000133. The number of hydrogen-bond acceptors (Lipinski definition) is 2. The fraction of sp³-hybridized carbons (Fsp3) is 0.0625. The minimum Gasteiger partial charge on any atom is -0.505 e. The zero-order valence-electron chi connectivity index (χ0n) is 10.7. The van der Waals surface area contributed by atoms with Crippen molar-refractivity contribution in [2.75, 3.05) is 0 Å². The van der Waals surface area contributed by atoms with E-state index in [-0.39, 0.29) is 49.8 Å². The molecule has 0 spiro atoms. The summed E-state index contributed by atoms with van der Waals surface area (Å²) in [5, 5.41) is 11.3. The van der Waals surface area contributed by atoms with Crippen molar-refractivity contribution >= 4 is 10.9 Å². The number of rotatable bonds is 1. The molecule has 0 bridgehead atoms. The molecule has 0 unspecified atom stereocenters. The number of pyridine rings is 1. The smallest absolute Gasteiger partial charge is 0.145 e. The van der Waals surface area contributed by atoms with Crippen molar-refractivity contribution in [3.63, 3.8) is 0 Å². The Morgan fingerprint density at radius 2 is 1.53 bits per heavy atom. The summed E-state index contributed by atoms with van der Waals surface area (Å²) < 4.78 is 0. The molecule has 0 amide bonds. The first-order valence-electron chi connectivity index (χ1n) is 5.91. The number of para-hydroxylation sites is 1. The normalized spacial score (nSPS) is 10.2. The Bertz CT molecular complexity index is 711. The van der Waals surface area contributed by atoms with E-state index in [0.29, 0.717) is 5.69 Å². The van der Waals surface area contributed by atoms with E-state index in [1.807, 2.05) is 61.5 Å². The van der Waals surface area contributed by atoms with Crippen LogP contribution in [0.3, 0.4) is 0 Å². The molecule has 0 saturated heterocycles. The van der Waals surface area contributed by atoms with Crippen LogP contribution in [0.4, 0.5) is 0 Å². The summed E-state index contributed by atoms with van der Waals surface area (Å²) in [7, 11) is 0. The number of nitrogens with zero attached hydrogens (tertiary/aromatic N) is 1. The van der Waals surface area contributed by atoms with E-state index in [4.69, 9.17) is 0 Å². The van der Waals surface area contributed by atoms with Crippen molar-refractivity contribution in [1.82, 2.24) is 4.98 Å². The zero-order chi connectivity index (χ0) is 12.5. The van der Waals surface area contributed by atoms with Gasteiger partial charge in [0.05, 0.1) is 5.52 Å². The monoisotopic (exact) mass is 462 g/mol. The van der Waals surface area contributed by atoms with E-state index in [2.05, 4.69) is 4.98 Å². The molecule has 0 aliphatic rings. The van der Waals surface area contributed by atoms with Crippen LogP contribution in [0.5, 0.6) is 5.75 Å². The second kappa shape index (κ2) is 6.03. The maximum atomic E-state index is 10.3. The molecule has 1 N–H and O–H groups in total. The van der Waals surface area contributed by atoms with Gasteiger partial charge in [-0.1, -0.05) is 48.5 Å². The quantitative estimate of drug-likeness (QED) is 0.595. The van der Waals surface area contributed by atoms with Crippen molar-refractivity contribution in [3.8, 4) is 17.0 Å². The first-order chi connectivity index (χ1) is 8.77. The van der Waals surface area contributed by atoms with E-state index in [0.717, 1.165) is 22.0 Å². The summed E-state index contributed by atoms with van der Waals surface area (Å²) in [4.78, 5) is 4.56. The number of aryl methyl sites for hydroxylation is 1. The van der Waals surface area contributed by atoms with Crippen LogP contribution >= 0.6 is 0 Å². The molecule has 1 radical (unpaired) electrons. The molecule has 0 fully saturated rings. The molecular weight excluding hydrogens is 449 g/mol. The Hall–Kier alpha value is -0.908. The molecule has 3 aromatic rings. The summed E-state index contributed by atoms with van der Waals surface area (Å²) in [6, 6.07) is 17.6. The van der Waals surface area contributed by atoms with Crippen LogP contribution in [0.2, 0.25) is 0 Å². The van der Waals surface area contributed by atoms with Crippen LogP contribution in [0.25, 0.3) is 22.2 Å². The maximum absolute atomic E-state index is 10.3. The zero-order valence-corrected chi connectivity index (χ0v) is 15.4. The third-order valence-electron chi connectivity index (χ3n) is 3.17. The third kappa shape index (κ3) is 2.68. The standard InChI is InChI=1S/C16H13NO.Ac/c1-11-13-9-5-6-10-14(13)17-15(16(11)18)12-7-3-2-4-8-12;/h2-10,18H,1H3;. The summed E-state index contributed by atoms with van der Waals surface area (Å²) in [5.74, 6) is 0.264. The minimum atomic E-state index is 0. The minimum absolute atomic E-state index is 0. The maximum Gasteiger partial charge on any atom is 0.145 e. The van der Waals surface area contributed by atoms with E-state index >= 15 is 0 Å². The van der Waals surface area contributed by atoms with Gasteiger partial charge in [-0.25, -0.2) is 4.98 Å². The van der Waals surface area contributed by atoms with Gasteiger partial charge in [0.1, 0.15) is 11.4 Å². The van der Waals surface area contributed by atoms with Gasteiger partial charge in [0.2, 0.25) is 0 Å². The third-order valence-corrected chi connectivity index (χ3v) is 3.17. The van der Waals surface area contributed by atoms with E-state index in [1.54, 1.807) is 0 Å². The van der Waals surface area contributed by atoms with Gasteiger partial charge in [-0.05, 0) is 13.0 Å². The van der Waals surface area contributed by atoms with Crippen molar-refractivity contribution in [3.05, 3.63) is 60.2 Å². The van der Waals surface area contributed by atoms with Gasteiger partial charge in [0.25, 0.3) is 0 Å². The predicted molar refractivity (Wildman–Crippen MR) is 73.6 cm³/mol. The molecule has 3 heteroatoms. The van der Waals surface area contributed by atoms with E-state index < -0.39 is 0 Å². The summed E-state index contributed by atoms with van der Waals surface area (Å²) >= 11 is 0. The Kier molecular flexibility index (Phi) is 4.60. The first-order valence-corrected chi connectivity index (χ1v) is 5.91. The molecule has 0 saturated carbocycles. The number of hydrogen-bond donors (Lipinski definition) is 1. The molecule has 19 heavy (non-hydrogen) atoms. The second-order valence-corrected chi connectivity index (χ2v) is 4.32. The molecule has 0 atom stereocenters. The molecule has 91 valence electrons. The van der Waals surface area contributed by atoms with Crippen LogP contribution in [-0.2, 0) is 0 Å².